The predicted molar refractivity (Wildman–Crippen MR) is 80.1 cm³/mol. The predicted octanol–water partition coefficient (Wildman–Crippen LogP) is 1.99. The molecular formula is C16H25N3O. The lowest BCUT2D eigenvalue weighted by atomic mass is 9.88. The Kier molecular flexibility index (Phi) is 5.53. The molecule has 0 bridgehead atoms. The van der Waals surface area contributed by atoms with Crippen LogP contribution in [0.5, 0.6) is 0 Å². The zero-order valence-electron chi connectivity index (χ0n) is 12.3. The molecule has 2 N–H and O–H groups in total. The number of carbonyl (C=O) groups excluding carboxylic acids is 1. The van der Waals surface area contributed by atoms with Gasteiger partial charge in [-0.15, -0.1) is 0 Å². The first-order chi connectivity index (χ1) is 9.74. The molecule has 0 aliphatic carbocycles. The van der Waals surface area contributed by atoms with Gasteiger partial charge in [-0.2, -0.15) is 0 Å². The van der Waals surface area contributed by atoms with Crippen molar-refractivity contribution in [3.63, 3.8) is 0 Å². The normalized spacial score (nSPS) is 22.8. The number of aromatic nitrogens is 1. The Hall–Kier alpha value is -1.42. The van der Waals surface area contributed by atoms with Gasteiger partial charge in [-0.25, -0.2) is 0 Å². The quantitative estimate of drug-likeness (QED) is 0.894. The van der Waals surface area contributed by atoms with Crippen LogP contribution in [0, 0.1) is 5.92 Å². The summed E-state index contributed by atoms with van der Waals surface area (Å²) in [6, 6.07) is 6.05. The summed E-state index contributed by atoms with van der Waals surface area (Å²) >= 11 is 0. The molecule has 2 heterocycles. The summed E-state index contributed by atoms with van der Waals surface area (Å²) in [7, 11) is 0. The van der Waals surface area contributed by atoms with Crippen LogP contribution in [0.2, 0.25) is 0 Å². The number of likely N-dealkylation sites (tertiary alicyclic amines) is 1. The van der Waals surface area contributed by atoms with Crippen LogP contribution in [-0.4, -0.2) is 34.9 Å². The third-order valence-electron chi connectivity index (χ3n) is 4.32. The van der Waals surface area contributed by atoms with Crippen molar-refractivity contribution in [2.24, 2.45) is 11.7 Å². The number of nitrogens with zero attached hydrogens (tertiary/aromatic N) is 2. The molecule has 0 aromatic carbocycles. The maximum Gasteiger partial charge on any atom is 0.223 e. The third-order valence-corrected chi connectivity index (χ3v) is 4.32. The Morgan fingerprint density at radius 2 is 2.35 bits per heavy atom. The SMILES string of the molecule is CCC1CCN(C(=O)CCc2ccccn2)C(CN)C1. The van der Waals surface area contributed by atoms with E-state index >= 15 is 0 Å². The average Bonchev–Trinajstić information content (AvgIpc) is 2.52. The van der Waals surface area contributed by atoms with E-state index in [9.17, 15) is 4.79 Å². The molecule has 2 rings (SSSR count). The fourth-order valence-electron chi connectivity index (χ4n) is 2.98. The van der Waals surface area contributed by atoms with Gasteiger partial charge in [-0.1, -0.05) is 19.4 Å². The summed E-state index contributed by atoms with van der Waals surface area (Å²) in [5, 5.41) is 0. The summed E-state index contributed by atoms with van der Waals surface area (Å²) in [6.45, 7) is 3.66. The van der Waals surface area contributed by atoms with Gasteiger partial charge in [0, 0.05) is 37.4 Å². The summed E-state index contributed by atoms with van der Waals surface area (Å²) in [5.41, 5.74) is 6.83. The van der Waals surface area contributed by atoms with E-state index in [0.717, 1.165) is 31.0 Å². The zero-order chi connectivity index (χ0) is 14.4. The largest absolute Gasteiger partial charge is 0.338 e. The number of rotatable bonds is 5. The highest BCUT2D eigenvalue weighted by molar-refractivity contribution is 5.76. The van der Waals surface area contributed by atoms with E-state index in [0.29, 0.717) is 19.4 Å². The van der Waals surface area contributed by atoms with Gasteiger partial charge in [0.2, 0.25) is 5.91 Å². The first-order valence-corrected chi connectivity index (χ1v) is 7.64. The van der Waals surface area contributed by atoms with E-state index in [2.05, 4.69) is 11.9 Å². The van der Waals surface area contributed by atoms with E-state index in [4.69, 9.17) is 5.73 Å². The van der Waals surface area contributed by atoms with Crippen LogP contribution in [0.15, 0.2) is 24.4 Å². The van der Waals surface area contributed by atoms with Gasteiger partial charge in [-0.05, 0) is 37.3 Å². The Balaban J connectivity index is 1.88. The molecule has 1 aromatic rings. The minimum absolute atomic E-state index is 0.223. The summed E-state index contributed by atoms with van der Waals surface area (Å²) in [6.07, 6.45) is 6.38. The van der Waals surface area contributed by atoms with Crippen LogP contribution in [0.1, 0.15) is 38.3 Å². The van der Waals surface area contributed by atoms with Crippen LogP contribution < -0.4 is 5.73 Å². The first-order valence-electron chi connectivity index (χ1n) is 7.64. The van der Waals surface area contributed by atoms with Crippen LogP contribution in [-0.2, 0) is 11.2 Å². The molecule has 20 heavy (non-hydrogen) atoms. The Morgan fingerprint density at radius 1 is 1.50 bits per heavy atom. The Labute approximate surface area is 121 Å². The second kappa shape index (κ2) is 7.39. The number of pyridine rings is 1. The monoisotopic (exact) mass is 275 g/mol. The molecule has 2 atom stereocenters. The molecule has 0 spiro atoms. The summed E-state index contributed by atoms with van der Waals surface area (Å²) in [4.78, 5) is 18.6. The van der Waals surface area contributed by atoms with Gasteiger partial charge in [0.15, 0.2) is 0 Å². The van der Waals surface area contributed by atoms with Crippen molar-refractivity contribution in [1.82, 2.24) is 9.88 Å². The number of hydrogen-bond acceptors (Lipinski definition) is 3. The average molecular weight is 275 g/mol. The van der Waals surface area contributed by atoms with Gasteiger partial charge < -0.3 is 10.6 Å². The van der Waals surface area contributed by atoms with Crippen molar-refractivity contribution in [2.75, 3.05) is 13.1 Å². The number of piperidine rings is 1. The van der Waals surface area contributed by atoms with Crippen molar-refractivity contribution in [3.8, 4) is 0 Å². The number of hydrogen-bond donors (Lipinski definition) is 1. The smallest absolute Gasteiger partial charge is 0.223 e. The van der Waals surface area contributed by atoms with Crippen molar-refractivity contribution >= 4 is 5.91 Å². The molecular weight excluding hydrogens is 250 g/mol. The molecule has 1 amide bonds. The Bertz CT molecular complexity index is 421. The van der Waals surface area contributed by atoms with Gasteiger partial charge in [0.1, 0.15) is 0 Å². The Morgan fingerprint density at radius 3 is 3.00 bits per heavy atom. The molecule has 0 saturated carbocycles. The van der Waals surface area contributed by atoms with Crippen molar-refractivity contribution in [2.45, 2.75) is 45.1 Å². The van der Waals surface area contributed by atoms with Crippen molar-refractivity contribution in [3.05, 3.63) is 30.1 Å². The summed E-state index contributed by atoms with van der Waals surface area (Å²) < 4.78 is 0. The van der Waals surface area contributed by atoms with Crippen LogP contribution >= 0.6 is 0 Å². The highest BCUT2D eigenvalue weighted by Gasteiger charge is 2.29. The summed E-state index contributed by atoms with van der Waals surface area (Å²) in [5.74, 6) is 0.948. The fraction of sp³-hybridized carbons (Fsp3) is 0.625. The van der Waals surface area contributed by atoms with E-state index in [-0.39, 0.29) is 11.9 Å². The molecule has 4 heteroatoms. The van der Waals surface area contributed by atoms with E-state index < -0.39 is 0 Å². The van der Waals surface area contributed by atoms with Crippen LogP contribution in [0.4, 0.5) is 0 Å². The highest BCUT2D eigenvalue weighted by Crippen LogP contribution is 2.25. The zero-order valence-corrected chi connectivity index (χ0v) is 12.3. The molecule has 0 radical (unpaired) electrons. The highest BCUT2D eigenvalue weighted by atomic mass is 16.2. The second-order valence-electron chi connectivity index (χ2n) is 5.60. The molecule has 1 fully saturated rings. The number of amides is 1. The lowest BCUT2D eigenvalue weighted by Gasteiger charge is -2.39. The number of carbonyl (C=O) groups is 1. The van der Waals surface area contributed by atoms with Crippen LogP contribution in [0.25, 0.3) is 0 Å². The molecule has 2 unspecified atom stereocenters. The number of aryl methyl sites for hydroxylation is 1. The van der Waals surface area contributed by atoms with Gasteiger partial charge >= 0.3 is 0 Å². The van der Waals surface area contributed by atoms with Crippen molar-refractivity contribution in [1.29, 1.82) is 0 Å². The third kappa shape index (κ3) is 3.79. The second-order valence-corrected chi connectivity index (χ2v) is 5.60. The van der Waals surface area contributed by atoms with Gasteiger partial charge in [0.05, 0.1) is 0 Å². The van der Waals surface area contributed by atoms with Crippen molar-refractivity contribution < 1.29 is 4.79 Å². The lowest BCUT2D eigenvalue weighted by molar-refractivity contribution is -0.135. The number of nitrogens with two attached hydrogens (primary N) is 1. The molecule has 4 nitrogen and oxygen atoms in total. The van der Waals surface area contributed by atoms with Gasteiger partial charge in [-0.3, -0.25) is 9.78 Å². The fourth-order valence-corrected chi connectivity index (χ4v) is 2.98. The van der Waals surface area contributed by atoms with Crippen LogP contribution in [0.3, 0.4) is 0 Å². The minimum atomic E-state index is 0.223. The molecule has 1 aromatic heterocycles. The maximum atomic E-state index is 12.4. The van der Waals surface area contributed by atoms with E-state index in [1.54, 1.807) is 6.20 Å². The molecule has 110 valence electrons. The topological polar surface area (TPSA) is 59.2 Å². The van der Waals surface area contributed by atoms with E-state index in [1.807, 2.05) is 23.1 Å². The minimum Gasteiger partial charge on any atom is -0.338 e. The molecule has 1 saturated heterocycles. The standard InChI is InChI=1S/C16H25N3O/c1-2-13-8-10-19(15(11-13)12-17)16(20)7-6-14-5-3-4-9-18-14/h3-5,9,13,15H,2,6-8,10-12,17H2,1H3. The maximum absolute atomic E-state index is 12.4. The molecule has 1 aliphatic heterocycles. The van der Waals surface area contributed by atoms with Gasteiger partial charge in [0.25, 0.3) is 0 Å². The lowest BCUT2D eigenvalue weighted by Crippen LogP contribution is -2.49. The molecule has 1 aliphatic rings. The van der Waals surface area contributed by atoms with E-state index in [1.165, 1.54) is 6.42 Å². The first kappa shape index (κ1) is 15.0.